The zero-order chi connectivity index (χ0) is 19.8. The lowest BCUT2D eigenvalue weighted by Crippen LogP contribution is -2.38. The van der Waals surface area contributed by atoms with Gasteiger partial charge >= 0.3 is 0 Å². The zero-order valence-electron chi connectivity index (χ0n) is 16.6. The summed E-state index contributed by atoms with van der Waals surface area (Å²) in [5.41, 5.74) is 11.3. The van der Waals surface area contributed by atoms with E-state index in [0.29, 0.717) is 17.7 Å². The molecule has 0 radical (unpaired) electrons. The standard InChI is InChI=1S/C24H27N3O2/c25-23-15-22(26-29-23)18-10-12-27(13-11-18)24(28)19-8-9-20(16-4-2-1-3-5-16)21(14-19)17-6-7-17/h2,4-5,8-9,14-15,17-18H,1,3,6-7,10-13,25H2. The van der Waals surface area contributed by atoms with Crippen molar-refractivity contribution in [2.45, 2.75) is 50.4 Å². The molecule has 3 aliphatic rings. The Morgan fingerprint density at radius 3 is 2.55 bits per heavy atom. The maximum Gasteiger partial charge on any atom is 0.253 e. The molecule has 5 nitrogen and oxygen atoms in total. The summed E-state index contributed by atoms with van der Waals surface area (Å²) in [5, 5.41) is 4.05. The Morgan fingerprint density at radius 2 is 1.90 bits per heavy atom. The van der Waals surface area contributed by atoms with Crippen LogP contribution in [0.3, 0.4) is 0 Å². The van der Waals surface area contributed by atoms with Gasteiger partial charge in [0.15, 0.2) is 0 Å². The number of rotatable bonds is 4. The number of nitrogen functional groups attached to an aromatic ring is 1. The number of hydrogen-bond acceptors (Lipinski definition) is 4. The number of nitrogens with zero attached hydrogens (tertiary/aromatic N) is 2. The highest BCUT2D eigenvalue weighted by Crippen LogP contribution is 2.44. The van der Waals surface area contributed by atoms with Crippen molar-refractivity contribution in [3.05, 3.63) is 64.9 Å². The second kappa shape index (κ2) is 7.54. The molecule has 1 saturated carbocycles. The van der Waals surface area contributed by atoms with E-state index in [9.17, 15) is 4.79 Å². The van der Waals surface area contributed by atoms with Crippen molar-refractivity contribution in [1.29, 1.82) is 0 Å². The second-order valence-corrected chi connectivity index (χ2v) is 8.44. The van der Waals surface area contributed by atoms with Crippen LogP contribution in [0.2, 0.25) is 0 Å². The van der Waals surface area contributed by atoms with Gasteiger partial charge in [-0.05, 0) is 73.3 Å². The highest BCUT2D eigenvalue weighted by atomic mass is 16.5. The fraction of sp³-hybridized carbons (Fsp3) is 0.417. The molecule has 1 aromatic heterocycles. The number of nitrogens with two attached hydrogens (primary N) is 1. The van der Waals surface area contributed by atoms with Crippen molar-refractivity contribution in [3.63, 3.8) is 0 Å². The normalized spacial score (nSPS) is 20.0. The molecule has 5 heteroatoms. The maximum absolute atomic E-state index is 13.2. The summed E-state index contributed by atoms with van der Waals surface area (Å²) >= 11 is 0. The number of amides is 1. The number of allylic oxidation sites excluding steroid dienone is 4. The maximum atomic E-state index is 13.2. The number of carbonyl (C=O) groups is 1. The number of hydrogen-bond donors (Lipinski definition) is 1. The van der Waals surface area contributed by atoms with Crippen LogP contribution in [0.25, 0.3) is 5.57 Å². The number of carbonyl (C=O) groups excluding carboxylic acids is 1. The lowest BCUT2D eigenvalue weighted by molar-refractivity contribution is 0.0711. The summed E-state index contributed by atoms with van der Waals surface area (Å²) in [6, 6.07) is 8.13. The molecule has 1 aromatic carbocycles. The Morgan fingerprint density at radius 1 is 1.07 bits per heavy atom. The highest BCUT2D eigenvalue weighted by molar-refractivity contribution is 5.95. The summed E-state index contributed by atoms with van der Waals surface area (Å²) in [5.74, 6) is 1.42. The van der Waals surface area contributed by atoms with Gasteiger partial charge in [-0.3, -0.25) is 4.79 Å². The minimum atomic E-state index is 0.143. The van der Waals surface area contributed by atoms with Crippen molar-refractivity contribution in [3.8, 4) is 0 Å². The molecule has 1 aliphatic heterocycles. The number of anilines is 1. The lowest BCUT2D eigenvalue weighted by Gasteiger charge is -2.31. The Labute approximate surface area is 171 Å². The van der Waals surface area contributed by atoms with Crippen LogP contribution in [0.15, 0.2) is 47.0 Å². The molecule has 2 N–H and O–H groups in total. The van der Waals surface area contributed by atoms with Crippen molar-refractivity contribution in [2.75, 3.05) is 18.8 Å². The van der Waals surface area contributed by atoms with E-state index in [0.717, 1.165) is 50.0 Å². The molecule has 0 spiro atoms. The predicted molar refractivity (Wildman–Crippen MR) is 114 cm³/mol. The van der Waals surface area contributed by atoms with Crippen LogP contribution < -0.4 is 5.73 Å². The van der Waals surface area contributed by atoms with E-state index in [1.807, 2.05) is 11.0 Å². The number of likely N-dealkylation sites (tertiary alicyclic amines) is 1. The van der Waals surface area contributed by atoms with Gasteiger partial charge in [0, 0.05) is 30.6 Å². The quantitative estimate of drug-likeness (QED) is 0.808. The molecule has 2 aromatic rings. The third-order valence-corrected chi connectivity index (χ3v) is 6.37. The van der Waals surface area contributed by atoms with E-state index in [1.165, 1.54) is 29.5 Å². The van der Waals surface area contributed by atoms with Crippen molar-refractivity contribution >= 4 is 17.4 Å². The van der Waals surface area contributed by atoms with Gasteiger partial charge in [-0.15, -0.1) is 0 Å². The highest BCUT2D eigenvalue weighted by Gasteiger charge is 2.30. The minimum absolute atomic E-state index is 0.143. The molecule has 0 bridgehead atoms. The number of aromatic nitrogens is 1. The van der Waals surface area contributed by atoms with Gasteiger partial charge < -0.3 is 15.2 Å². The summed E-state index contributed by atoms with van der Waals surface area (Å²) in [4.78, 5) is 15.2. The molecule has 2 heterocycles. The average molecular weight is 389 g/mol. The molecular weight excluding hydrogens is 362 g/mol. The summed E-state index contributed by atoms with van der Waals surface area (Å²) in [7, 11) is 0. The minimum Gasteiger partial charge on any atom is -0.368 e. The fourth-order valence-electron chi connectivity index (χ4n) is 4.56. The largest absolute Gasteiger partial charge is 0.368 e. The van der Waals surface area contributed by atoms with E-state index >= 15 is 0 Å². The smallest absolute Gasteiger partial charge is 0.253 e. The molecule has 1 amide bonds. The zero-order valence-corrected chi connectivity index (χ0v) is 16.6. The van der Waals surface area contributed by atoms with Crippen LogP contribution in [0, 0.1) is 0 Å². The van der Waals surface area contributed by atoms with Gasteiger partial charge in [0.2, 0.25) is 5.88 Å². The lowest BCUT2D eigenvalue weighted by atomic mass is 9.90. The van der Waals surface area contributed by atoms with Gasteiger partial charge in [0.25, 0.3) is 5.91 Å². The predicted octanol–water partition coefficient (Wildman–Crippen LogP) is 4.89. The van der Waals surface area contributed by atoms with Crippen LogP contribution in [0.4, 0.5) is 5.88 Å². The number of piperidine rings is 1. The molecule has 2 aliphatic carbocycles. The van der Waals surface area contributed by atoms with Gasteiger partial charge in [0.1, 0.15) is 0 Å². The monoisotopic (exact) mass is 389 g/mol. The van der Waals surface area contributed by atoms with Crippen molar-refractivity contribution < 1.29 is 9.32 Å². The van der Waals surface area contributed by atoms with E-state index < -0.39 is 0 Å². The van der Waals surface area contributed by atoms with E-state index in [-0.39, 0.29) is 5.91 Å². The molecule has 2 fully saturated rings. The van der Waals surface area contributed by atoms with Crippen LogP contribution in [0.1, 0.15) is 77.5 Å². The number of benzene rings is 1. The van der Waals surface area contributed by atoms with Crippen molar-refractivity contribution in [1.82, 2.24) is 10.1 Å². The molecule has 29 heavy (non-hydrogen) atoms. The van der Waals surface area contributed by atoms with Gasteiger partial charge in [0.05, 0.1) is 5.69 Å². The van der Waals surface area contributed by atoms with E-state index in [1.54, 1.807) is 6.07 Å². The van der Waals surface area contributed by atoms with Gasteiger partial charge in [-0.25, -0.2) is 0 Å². The summed E-state index contributed by atoms with van der Waals surface area (Å²) < 4.78 is 5.00. The third kappa shape index (κ3) is 3.74. The van der Waals surface area contributed by atoms with E-state index in [4.69, 9.17) is 10.3 Å². The second-order valence-electron chi connectivity index (χ2n) is 8.44. The fourth-order valence-corrected chi connectivity index (χ4v) is 4.56. The first-order valence-corrected chi connectivity index (χ1v) is 10.7. The summed E-state index contributed by atoms with van der Waals surface area (Å²) in [6.07, 6.45) is 13.3. The Bertz CT molecular complexity index is 976. The van der Waals surface area contributed by atoms with Crippen LogP contribution in [0.5, 0.6) is 0 Å². The average Bonchev–Trinajstić information content (AvgIpc) is 3.54. The Hall–Kier alpha value is -2.82. The van der Waals surface area contributed by atoms with Crippen LogP contribution in [-0.4, -0.2) is 29.1 Å². The van der Waals surface area contributed by atoms with E-state index in [2.05, 4.69) is 35.5 Å². The third-order valence-electron chi connectivity index (χ3n) is 6.37. The van der Waals surface area contributed by atoms with Crippen LogP contribution in [-0.2, 0) is 0 Å². The molecular formula is C24H27N3O2. The van der Waals surface area contributed by atoms with Crippen LogP contribution >= 0.6 is 0 Å². The topological polar surface area (TPSA) is 72.4 Å². The molecule has 0 atom stereocenters. The molecule has 5 rings (SSSR count). The first kappa shape index (κ1) is 18.2. The molecule has 1 saturated heterocycles. The molecule has 150 valence electrons. The Balaban J connectivity index is 1.32. The van der Waals surface area contributed by atoms with Gasteiger partial charge in [-0.1, -0.05) is 29.5 Å². The Kier molecular flexibility index (Phi) is 4.74. The first-order valence-electron chi connectivity index (χ1n) is 10.7. The summed E-state index contributed by atoms with van der Waals surface area (Å²) in [6.45, 7) is 1.48. The first-order chi connectivity index (χ1) is 14.2. The van der Waals surface area contributed by atoms with Crippen molar-refractivity contribution in [2.24, 2.45) is 0 Å². The van der Waals surface area contributed by atoms with Gasteiger partial charge in [-0.2, -0.15) is 0 Å². The SMILES string of the molecule is Nc1cc(C2CCN(C(=O)c3ccc(C4=CCCC=C4)c(C4CC4)c3)CC2)no1. The molecule has 0 unspecified atom stereocenters.